The Morgan fingerprint density at radius 2 is 1.87 bits per heavy atom. The zero-order chi connectivity index (χ0) is 22.2. The first kappa shape index (κ1) is 21.4. The molecule has 0 aliphatic carbocycles. The number of likely N-dealkylation sites (tertiary alicyclic amines) is 1. The van der Waals surface area contributed by atoms with Crippen LogP contribution in [-0.2, 0) is 6.18 Å². The highest BCUT2D eigenvalue weighted by atomic mass is 19.4. The molecule has 0 unspecified atom stereocenters. The number of hydrogen-bond acceptors (Lipinski definition) is 3. The van der Waals surface area contributed by atoms with Crippen molar-refractivity contribution in [3.63, 3.8) is 0 Å². The predicted molar refractivity (Wildman–Crippen MR) is 106 cm³/mol. The summed E-state index contributed by atoms with van der Waals surface area (Å²) in [6.45, 7) is 1.66. The Bertz CT molecular complexity index is 1050. The van der Waals surface area contributed by atoms with E-state index in [1.807, 2.05) is 13.0 Å². The van der Waals surface area contributed by atoms with Gasteiger partial charge in [-0.1, -0.05) is 18.2 Å². The summed E-state index contributed by atoms with van der Waals surface area (Å²) in [5.74, 6) is -0.622. The monoisotopic (exact) mass is 436 g/mol. The molecule has 31 heavy (non-hydrogen) atoms. The van der Waals surface area contributed by atoms with Gasteiger partial charge in [-0.25, -0.2) is 8.78 Å². The van der Waals surface area contributed by atoms with Crippen LogP contribution in [0.5, 0.6) is 0 Å². The summed E-state index contributed by atoms with van der Waals surface area (Å²) >= 11 is 0. The fraction of sp³-hybridized carbons (Fsp3) is 0.364. The smallest absolute Gasteiger partial charge is 0.295 e. The van der Waals surface area contributed by atoms with Crippen molar-refractivity contribution in [1.82, 2.24) is 19.7 Å². The van der Waals surface area contributed by atoms with E-state index in [4.69, 9.17) is 0 Å². The molecule has 1 aromatic carbocycles. The molecule has 0 N–H and O–H groups in total. The molecule has 0 radical (unpaired) electrons. The van der Waals surface area contributed by atoms with Gasteiger partial charge in [0.05, 0.1) is 23.8 Å². The molecule has 2 aromatic heterocycles. The molecule has 9 heteroatoms. The zero-order valence-electron chi connectivity index (χ0n) is 16.7. The maximum atomic E-state index is 13.6. The number of aromatic nitrogens is 3. The highest BCUT2D eigenvalue weighted by Gasteiger charge is 2.42. The standard InChI is InChI=1S/C22H21F5N4/c1-14-10-15(6-8-28-14)19-7-9-31(29-19)20-12-30(13-21(23)24)11-17(20)16-4-2-3-5-18(16)22(25,26)27/h2-10,17,20-21H,11-13H2,1H3/t17-,20+/m0/s1. The molecular formula is C22H21F5N4. The van der Waals surface area contributed by atoms with Crippen LogP contribution in [0, 0.1) is 6.92 Å². The van der Waals surface area contributed by atoms with Crippen molar-refractivity contribution in [2.45, 2.75) is 31.5 Å². The summed E-state index contributed by atoms with van der Waals surface area (Å²) in [6.07, 6.45) is -3.73. The molecule has 0 bridgehead atoms. The van der Waals surface area contributed by atoms with Gasteiger partial charge in [-0.15, -0.1) is 0 Å². The fourth-order valence-corrected chi connectivity index (χ4v) is 4.24. The Morgan fingerprint density at radius 1 is 1.10 bits per heavy atom. The van der Waals surface area contributed by atoms with Gasteiger partial charge < -0.3 is 0 Å². The average molecular weight is 436 g/mol. The Kier molecular flexibility index (Phi) is 5.79. The molecule has 3 heterocycles. The van der Waals surface area contributed by atoms with Crippen LogP contribution < -0.4 is 0 Å². The number of aryl methyl sites for hydroxylation is 1. The van der Waals surface area contributed by atoms with E-state index in [1.54, 1.807) is 35.3 Å². The summed E-state index contributed by atoms with van der Waals surface area (Å²) in [5, 5.41) is 4.58. The third-order valence-electron chi connectivity index (χ3n) is 5.57. The van der Waals surface area contributed by atoms with Gasteiger partial charge in [0.1, 0.15) is 0 Å². The predicted octanol–water partition coefficient (Wildman–Crippen LogP) is 5.18. The highest BCUT2D eigenvalue weighted by Crippen LogP contribution is 2.42. The lowest BCUT2D eigenvalue weighted by Gasteiger charge is -2.23. The maximum absolute atomic E-state index is 13.6. The minimum atomic E-state index is -4.53. The van der Waals surface area contributed by atoms with Crippen molar-refractivity contribution in [1.29, 1.82) is 0 Å². The molecule has 1 aliphatic heterocycles. The normalized spacial score (nSPS) is 20.0. The van der Waals surface area contributed by atoms with E-state index in [-0.39, 0.29) is 18.7 Å². The number of alkyl halides is 5. The van der Waals surface area contributed by atoms with Gasteiger partial charge in [0.2, 0.25) is 0 Å². The van der Waals surface area contributed by atoms with Gasteiger partial charge in [0.25, 0.3) is 6.43 Å². The molecular weight excluding hydrogens is 415 g/mol. The van der Waals surface area contributed by atoms with Crippen LogP contribution in [0.25, 0.3) is 11.3 Å². The first-order valence-electron chi connectivity index (χ1n) is 9.87. The van der Waals surface area contributed by atoms with Crippen LogP contribution in [0.4, 0.5) is 22.0 Å². The third kappa shape index (κ3) is 4.61. The van der Waals surface area contributed by atoms with Crippen LogP contribution in [0.1, 0.15) is 28.8 Å². The molecule has 4 nitrogen and oxygen atoms in total. The summed E-state index contributed by atoms with van der Waals surface area (Å²) in [4.78, 5) is 5.66. The van der Waals surface area contributed by atoms with E-state index in [1.165, 1.54) is 17.0 Å². The second kappa shape index (κ2) is 8.37. The lowest BCUT2D eigenvalue weighted by Crippen LogP contribution is -2.27. The number of pyridine rings is 1. The van der Waals surface area contributed by atoms with Gasteiger partial charge >= 0.3 is 6.18 Å². The summed E-state index contributed by atoms with van der Waals surface area (Å²) in [6, 6.07) is 10.3. The van der Waals surface area contributed by atoms with Crippen LogP contribution in [0.15, 0.2) is 54.9 Å². The second-order valence-electron chi connectivity index (χ2n) is 7.74. The average Bonchev–Trinajstić information content (AvgIpc) is 3.34. The number of nitrogens with zero attached hydrogens (tertiary/aromatic N) is 4. The molecule has 2 atom stereocenters. The Labute approximate surface area is 176 Å². The molecule has 3 aromatic rings. The second-order valence-corrected chi connectivity index (χ2v) is 7.74. The van der Waals surface area contributed by atoms with Crippen LogP contribution in [0.3, 0.4) is 0 Å². The Hall–Kier alpha value is -2.81. The van der Waals surface area contributed by atoms with Crippen molar-refractivity contribution in [2.75, 3.05) is 19.6 Å². The number of rotatable bonds is 5. The zero-order valence-corrected chi connectivity index (χ0v) is 16.7. The highest BCUT2D eigenvalue weighted by molar-refractivity contribution is 5.58. The Balaban J connectivity index is 1.71. The van der Waals surface area contributed by atoms with Crippen molar-refractivity contribution in [3.8, 4) is 11.3 Å². The van der Waals surface area contributed by atoms with Gasteiger partial charge in [-0.2, -0.15) is 18.3 Å². The summed E-state index contributed by atoms with van der Waals surface area (Å²) < 4.78 is 68.6. The van der Waals surface area contributed by atoms with Crippen molar-refractivity contribution >= 4 is 0 Å². The van der Waals surface area contributed by atoms with E-state index < -0.39 is 36.7 Å². The maximum Gasteiger partial charge on any atom is 0.416 e. The third-order valence-corrected chi connectivity index (χ3v) is 5.57. The number of hydrogen-bond donors (Lipinski definition) is 0. The first-order chi connectivity index (χ1) is 14.7. The molecule has 4 rings (SSSR count). The van der Waals surface area contributed by atoms with Gasteiger partial charge in [0, 0.05) is 42.7 Å². The molecule has 1 saturated heterocycles. The van der Waals surface area contributed by atoms with Gasteiger partial charge in [-0.05, 0) is 36.8 Å². The fourth-order valence-electron chi connectivity index (χ4n) is 4.24. The minimum Gasteiger partial charge on any atom is -0.295 e. The molecule has 0 amide bonds. The van der Waals surface area contributed by atoms with Crippen molar-refractivity contribution in [3.05, 3.63) is 71.7 Å². The summed E-state index contributed by atoms with van der Waals surface area (Å²) in [7, 11) is 0. The summed E-state index contributed by atoms with van der Waals surface area (Å²) in [5.41, 5.74) is 1.67. The lowest BCUT2D eigenvalue weighted by molar-refractivity contribution is -0.138. The molecule has 1 aliphatic rings. The topological polar surface area (TPSA) is 34.0 Å². The largest absolute Gasteiger partial charge is 0.416 e. The quantitative estimate of drug-likeness (QED) is 0.517. The Morgan fingerprint density at radius 3 is 2.58 bits per heavy atom. The van der Waals surface area contributed by atoms with E-state index in [0.717, 1.165) is 17.3 Å². The van der Waals surface area contributed by atoms with Crippen LogP contribution >= 0.6 is 0 Å². The van der Waals surface area contributed by atoms with Gasteiger partial charge in [0.15, 0.2) is 0 Å². The lowest BCUT2D eigenvalue weighted by atomic mass is 9.90. The minimum absolute atomic E-state index is 0.103. The van der Waals surface area contributed by atoms with E-state index in [2.05, 4.69) is 10.1 Å². The first-order valence-corrected chi connectivity index (χ1v) is 9.87. The SMILES string of the molecule is Cc1cc(-c2ccn([C@@H]3CN(CC(F)F)C[C@H]3c3ccccc3C(F)(F)F)n2)ccn1. The molecule has 0 spiro atoms. The van der Waals surface area contributed by atoms with E-state index >= 15 is 0 Å². The van der Waals surface area contributed by atoms with Crippen LogP contribution in [0.2, 0.25) is 0 Å². The van der Waals surface area contributed by atoms with Crippen LogP contribution in [-0.4, -0.2) is 45.7 Å². The van der Waals surface area contributed by atoms with Crippen molar-refractivity contribution in [2.24, 2.45) is 0 Å². The number of halogens is 5. The number of benzene rings is 1. The molecule has 0 saturated carbocycles. The van der Waals surface area contributed by atoms with E-state index in [9.17, 15) is 22.0 Å². The van der Waals surface area contributed by atoms with E-state index in [0.29, 0.717) is 5.69 Å². The van der Waals surface area contributed by atoms with Gasteiger partial charge in [-0.3, -0.25) is 14.6 Å². The molecule has 164 valence electrons. The van der Waals surface area contributed by atoms with Crippen molar-refractivity contribution < 1.29 is 22.0 Å². The molecule has 1 fully saturated rings.